The molecule has 0 atom stereocenters. The van der Waals surface area contributed by atoms with Crippen LogP contribution in [-0.4, -0.2) is 31.0 Å². The fraction of sp³-hybridized carbons (Fsp3) is 0.391. The van der Waals surface area contributed by atoms with Crippen LogP contribution in [0.15, 0.2) is 46.5 Å². The van der Waals surface area contributed by atoms with Crippen LogP contribution in [0.25, 0.3) is 0 Å². The number of oxime groups is 1. The number of benzene rings is 2. The van der Waals surface area contributed by atoms with Crippen LogP contribution in [-0.2, 0) is 5.41 Å². The van der Waals surface area contributed by atoms with E-state index in [2.05, 4.69) is 76.0 Å². The highest BCUT2D eigenvalue weighted by Gasteiger charge is 2.12. The van der Waals surface area contributed by atoms with Crippen molar-refractivity contribution in [2.45, 2.75) is 47.0 Å². The maximum atomic E-state index is 5.53. The zero-order valence-corrected chi connectivity index (χ0v) is 17.6. The minimum absolute atomic E-state index is 0.132. The summed E-state index contributed by atoms with van der Waals surface area (Å²) in [4.78, 5) is 12.1. The van der Waals surface area contributed by atoms with Crippen molar-refractivity contribution in [3.63, 3.8) is 0 Å². The van der Waals surface area contributed by atoms with Gasteiger partial charge in [-0.25, -0.2) is 4.99 Å². The normalized spacial score (nSPS) is 12.1. The van der Waals surface area contributed by atoms with Crippen LogP contribution in [0.1, 0.15) is 49.9 Å². The molecule has 0 radical (unpaired) electrons. The van der Waals surface area contributed by atoms with Crippen LogP contribution < -0.4 is 4.84 Å². The van der Waals surface area contributed by atoms with E-state index in [1.807, 2.05) is 30.4 Å². The first-order valence-corrected chi connectivity index (χ1v) is 9.37. The molecule has 0 N–H and O–H groups in total. The zero-order chi connectivity index (χ0) is 20.0. The molecule has 0 heterocycles. The second kappa shape index (κ2) is 8.85. The molecule has 4 nitrogen and oxygen atoms in total. The Morgan fingerprint density at radius 3 is 2.30 bits per heavy atom. The van der Waals surface area contributed by atoms with Crippen LogP contribution in [0.4, 0.5) is 5.69 Å². The average Bonchev–Trinajstić information content (AvgIpc) is 2.62. The van der Waals surface area contributed by atoms with Gasteiger partial charge in [0.1, 0.15) is 0 Å². The summed E-state index contributed by atoms with van der Waals surface area (Å²) in [5.41, 5.74) is 5.63. The smallest absolute Gasteiger partial charge is 0.157 e. The van der Waals surface area contributed by atoms with Crippen molar-refractivity contribution < 1.29 is 4.84 Å². The fourth-order valence-electron chi connectivity index (χ4n) is 2.50. The molecule has 0 aliphatic carbocycles. The predicted molar refractivity (Wildman–Crippen MR) is 116 cm³/mol. The Balaban J connectivity index is 2.08. The molecule has 0 spiro atoms. The molecule has 0 fully saturated rings. The second-order valence-corrected chi connectivity index (χ2v) is 7.91. The quantitative estimate of drug-likeness (QED) is 0.378. The van der Waals surface area contributed by atoms with Crippen molar-refractivity contribution in [2.24, 2.45) is 10.1 Å². The Bertz CT molecular complexity index is 815. The summed E-state index contributed by atoms with van der Waals surface area (Å²) in [7, 11) is 2.01. The third kappa shape index (κ3) is 5.95. The third-order valence-corrected chi connectivity index (χ3v) is 4.55. The van der Waals surface area contributed by atoms with E-state index >= 15 is 0 Å². The van der Waals surface area contributed by atoms with Gasteiger partial charge >= 0.3 is 0 Å². The van der Waals surface area contributed by atoms with Crippen molar-refractivity contribution >= 4 is 18.2 Å². The molecule has 0 bridgehead atoms. The highest BCUT2D eigenvalue weighted by atomic mass is 16.6. The summed E-state index contributed by atoms with van der Waals surface area (Å²) in [6.45, 7) is 13.7. The van der Waals surface area contributed by atoms with Crippen molar-refractivity contribution in [3.05, 3.63) is 58.7 Å². The van der Waals surface area contributed by atoms with Gasteiger partial charge in [-0.1, -0.05) is 38.1 Å². The Kier molecular flexibility index (Phi) is 6.78. The number of aliphatic imine (C=N–C) groups is 1. The minimum Gasteiger partial charge on any atom is -0.366 e. The van der Waals surface area contributed by atoms with Crippen LogP contribution in [0.3, 0.4) is 0 Å². The molecule has 2 aromatic carbocycles. The Labute approximate surface area is 163 Å². The standard InChI is InChI=1S/C23H31N3O/c1-8-26(7)16-24-22-14-17(2)19(13-18(22)3)15-25-27-21-11-9-20(10-12-21)23(4,5)6/h9-16H,8H2,1-7H3/b24-16-,25-15+. The molecule has 2 rings (SSSR count). The number of aryl methyl sites for hydroxylation is 2. The summed E-state index contributed by atoms with van der Waals surface area (Å²) in [6, 6.07) is 12.2. The lowest BCUT2D eigenvalue weighted by Crippen LogP contribution is -2.14. The highest BCUT2D eigenvalue weighted by molar-refractivity contribution is 5.83. The molecule has 0 aliphatic rings. The largest absolute Gasteiger partial charge is 0.366 e. The maximum absolute atomic E-state index is 5.53. The van der Waals surface area contributed by atoms with Gasteiger partial charge in [0.05, 0.1) is 18.2 Å². The molecule has 0 amide bonds. The molecular formula is C23H31N3O. The number of hydrogen-bond acceptors (Lipinski definition) is 3. The SMILES string of the molecule is CCN(C)/C=N\c1cc(C)c(/C=N/Oc2ccc(C(C)(C)C)cc2)cc1C. The molecule has 0 saturated heterocycles. The Morgan fingerprint density at radius 2 is 1.70 bits per heavy atom. The van der Waals surface area contributed by atoms with E-state index in [4.69, 9.17) is 4.84 Å². The lowest BCUT2D eigenvalue weighted by atomic mass is 9.87. The molecule has 144 valence electrons. The average molecular weight is 366 g/mol. The van der Waals surface area contributed by atoms with Gasteiger partial charge in [0.2, 0.25) is 0 Å². The van der Waals surface area contributed by atoms with Gasteiger partial charge < -0.3 is 9.74 Å². The molecule has 4 heteroatoms. The van der Waals surface area contributed by atoms with E-state index in [1.54, 1.807) is 6.21 Å². The van der Waals surface area contributed by atoms with E-state index < -0.39 is 0 Å². The molecule has 0 aliphatic heterocycles. The van der Waals surface area contributed by atoms with Gasteiger partial charge in [-0.2, -0.15) is 0 Å². The molecule has 0 aromatic heterocycles. The van der Waals surface area contributed by atoms with Crippen molar-refractivity contribution in [1.29, 1.82) is 0 Å². The molecule has 27 heavy (non-hydrogen) atoms. The lowest BCUT2D eigenvalue weighted by molar-refractivity contribution is 0.343. The second-order valence-electron chi connectivity index (χ2n) is 7.91. The topological polar surface area (TPSA) is 37.2 Å². The summed E-state index contributed by atoms with van der Waals surface area (Å²) < 4.78 is 0. The first kappa shape index (κ1) is 20.7. The van der Waals surface area contributed by atoms with E-state index in [-0.39, 0.29) is 5.41 Å². The number of rotatable bonds is 6. The van der Waals surface area contributed by atoms with E-state index in [0.717, 1.165) is 34.7 Å². The van der Waals surface area contributed by atoms with E-state index in [1.165, 1.54) is 5.56 Å². The summed E-state index contributed by atoms with van der Waals surface area (Å²) in [5.74, 6) is 0.734. The van der Waals surface area contributed by atoms with Gasteiger partial charge in [0.15, 0.2) is 5.75 Å². The van der Waals surface area contributed by atoms with Crippen LogP contribution in [0.2, 0.25) is 0 Å². The summed E-state index contributed by atoms with van der Waals surface area (Å²) in [5, 5.41) is 4.15. The zero-order valence-electron chi connectivity index (χ0n) is 17.6. The van der Waals surface area contributed by atoms with Crippen LogP contribution in [0.5, 0.6) is 5.75 Å². The first-order chi connectivity index (χ1) is 12.7. The first-order valence-electron chi connectivity index (χ1n) is 9.37. The van der Waals surface area contributed by atoms with Gasteiger partial charge in [-0.3, -0.25) is 0 Å². The monoisotopic (exact) mass is 365 g/mol. The molecular weight excluding hydrogens is 334 g/mol. The van der Waals surface area contributed by atoms with Gasteiger partial charge in [0.25, 0.3) is 0 Å². The van der Waals surface area contributed by atoms with Crippen molar-refractivity contribution in [1.82, 2.24) is 4.90 Å². The Morgan fingerprint density at radius 1 is 1.04 bits per heavy atom. The third-order valence-electron chi connectivity index (χ3n) is 4.55. The van der Waals surface area contributed by atoms with E-state index in [9.17, 15) is 0 Å². The molecule has 0 unspecified atom stereocenters. The fourth-order valence-corrected chi connectivity index (χ4v) is 2.50. The van der Waals surface area contributed by atoms with Gasteiger partial charge in [-0.15, -0.1) is 0 Å². The minimum atomic E-state index is 0.132. The van der Waals surface area contributed by atoms with Crippen LogP contribution in [0, 0.1) is 13.8 Å². The van der Waals surface area contributed by atoms with E-state index in [0.29, 0.717) is 0 Å². The van der Waals surface area contributed by atoms with Crippen LogP contribution >= 0.6 is 0 Å². The lowest BCUT2D eigenvalue weighted by Gasteiger charge is -2.18. The molecule has 0 saturated carbocycles. The van der Waals surface area contributed by atoms with Gasteiger partial charge in [0, 0.05) is 13.6 Å². The summed E-state index contributed by atoms with van der Waals surface area (Å²) in [6.07, 6.45) is 3.62. The highest BCUT2D eigenvalue weighted by Crippen LogP contribution is 2.25. The summed E-state index contributed by atoms with van der Waals surface area (Å²) >= 11 is 0. The number of nitrogens with zero attached hydrogens (tertiary/aromatic N) is 3. The predicted octanol–water partition coefficient (Wildman–Crippen LogP) is 5.63. The maximum Gasteiger partial charge on any atom is 0.157 e. The number of hydrogen-bond donors (Lipinski definition) is 0. The Hall–Kier alpha value is -2.62. The molecule has 2 aromatic rings. The van der Waals surface area contributed by atoms with Crippen molar-refractivity contribution in [3.8, 4) is 5.75 Å². The van der Waals surface area contributed by atoms with Gasteiger partial charge in [-0.05, 0) is 72.7 Å². The van der Waals surface area contributed by atoms with Crippen molar-refractivity contribution in [2.75, 3.05) is 13.6 Å².